The van der Waals surface area contributed by atoms with Crippen LogP contribution in [0.2, 0.25) is 0 Å². The molecule has 4 nitrogen and oxygen atoms in total. The van der Waals surface area contributed by atoms with E-state index in [4.69, 9.17) is 0 Å². The Hall–Kier alpha value is -0.130. The van der Waals surface area contributed by atoms with Gasteiger partial charge in [-0.3, -0.25) is 4.90 Å². The molecule has 2 aliphatic rings. The first-order chi connectivity index (χ1) is 7.12. The van der Waals surface area contributed by atoms with Crippen molar-refractivity contribution in [3.8, 4) is 0 Å². The van der Waals surface area contributed by atoms with Crippen LogP contribution in [0, 0.1) is 0 Å². The monoisotopic (exact) mass is 232 g/mol. The Kier molecular flexibility index (Phi) is 3.33. The summed E-state index contributed by atoms with van der Waals surface area (Å²) in [6.45, 7) is 4.11. The Balaban J connectivity index is 1.95. The van der Waals surface area contributed by atoms with Crippen molar-refractivity contribution >= 4 is 10.0 Å². The summed E-state index contributed by atoms with van der Waals surface area (Å²) in [6.07, 6.45) is 4.04. The van der Waals surface area contributed by atoms with Crippen LogP contribution >= 0.6 is 0 Å². The number of hydrogen-bond acceptors (Lipinski definition) is 3. The number of rotatable bonds is 4. The van der Waals surface area contributed by atoms with E-state index in [-0.39, 0.29) is 11.8 Å². The topological polar surface area (TPSA) is 49.4 Å². The average molecular weight is 232 g/mol. The van der Waals surface area contributed by atoms with Gasteiger partial charge < -0.3 is 0 Å². The summed E-state index contributed by atoms with van der Waals surface area (Å²) in [4.78, 5) is 2.42. The molecule has 2 unspecified atom stereocenters. The van der Waals surface area contributed by atoms with Crippen LogP contribution in [0.1, 0.15) is 32.6 Å². The highest BCUT2D eigenvalue weighted by Crippen LogP contribution is 2.28. The van der Waals surface area contributed by atoms with Gasteiger partial charge >= 0.3 is 0 Å². The van der Waals surface area contributed by atoms with Crippen LogP contribution in [0.4, 0.5) is 0 Å². The van der Waals surface area contributed by atoms with Crippen molar-refractivity contribution in [3.05, 3.63) is 0 Å². The highest BCUT2D eigenvalue weighted by atomic mass is 32.2. The highest BCUT2D eigenvalue weighted by Gasteiger charge is 2.38. The van der Waals surface area contributed by atoms with E-state index in [2.05, 4.69) is 9.62 Å². The molecule has 0 saturated carbocycles. The van der Waals surface area contributed by atoms with E-state index >= 15 is 0 Å². The highest BCUT2D eigenvalue weighted by molar-refractivity contribution is 7.89. The number of sulfonamides is 1. The maximum absolute atomic E-state index is 11.6. The first-order valence-corrected chi connectivity index (χ1v) is 7.51. The SMILES string of the molecule is CCCS(=O)(=O)NC1CCN2CCCC12. The normalized spacial score (nSPS) is 32.1. The number of hydrogen-bond donors (Lipinski definition) is 1. The molecule has 88 valence electrons. The van der Waals surface area contributed by atoms with Gasteiger partial charge in [-0.15, -0.1) is 0 Å². The summed E-state index contributed by atoms with van der Waals surface area (Å²) in [5, 5.41) is 0. The minimum atomic E-state index is -3.03. The first kappa shape index (κ1) is 11.4. The van der Waals surface area contributed by atoms with E-state index in [1.165, 1.54) is 6.42 Å². The lowest BCUT2D eigenvalue weighted by atomic mass is 10.1. The van der Waals surface area contributed by atoms with Crippen LogP contribution in [-0.2, 0) is 10.0 Å². The van der Waals surface area contributed by atoms with E-state index < -0.39 is 10.0 Å². The van der Waals surface area contributed by atoms with Crippen LogP contribution < -0.4 is 4.72 Å². The molecule has 15 heavy (non-hydrogen) atoms. The van der Waals surface area contributed by atoms with E-state index in [0.29, 0.717) is 12.5 Å². The fraction of sp³-hybridized carbons (Fsp3) is 1.00. The smallest absolute Gasteiger partial charge is 0.211 e. The summed E-state index contributed by atoms with van der Waals surface area (Å²) in [6, 6.07) is 0.640. The molecule has 1 N–H and O–H groups in total. The van der Waals surface area contributed by atoms with E-state index in [1.807, 2.05) is 6.92 Å². The Morgan fingerprint density at radius 2 is 2.13 bits per heavy atom. The third kappa shape index (κ3) is 2.52. The molecule has 0 radical (unpaired) electrons. The lowest BCUT2D eigenvalue weighted by Gasteiger charge is -2.20. The second-order valence-corrected chi connectivity index (χ2v) is 6.45. The van der Waals surface area contributed by atoms with E-state index in [1.54, 1.807) is 0 Å². The molecule has 2 atom stereocenters. The zero-order valence-corrected chi connectivity index (χ0v) is 10.1. The molecule has 0 aromatic rings. The van der Waals surface area contributed by atoms with Crippen LogP contribution in [0.25, 0.3) is 0 Å². The summed E-state index contributed by atoms with van der Waals surface area (Å²) >= 11 is 0. The predicted octanol–water partition coefficient (Wildman–Crippen LogP) is 0.552. The van der Waals surface area contributed by atoms with Gasteiger partial charge in [0.25, 0.3) is 0 Å². The number of nitrogens with one attached hydrogen (secondary N) is 1. The third-order valence-corrected chi connectivity index (χ3v) is 5.02. The van der Waals surface area contributed by atoms with Crippen LogP contribution in [0.3, 0.4) is 0 Å². The molecule has 0 bridgehead atoms. The first-order valence-electron chi connectivity index (χ1n) is 5.86. The Morgan fingerprint density at radius 3 is 2.87 bits per heavy atom. The van der Waals surface area contributed by atoms with Crippen molar-refractivity contribution in [1.29, 1.82) is 0 Å². The van der Waals surface area contributed by atoms with Crippen LogP contribution in [0.5, 0.6) is 0 Å². The van der Waals surface area contributed by atoms with Gasteiger partial charge in [0, 0.05) is 18.6 Å². The zero-order valence-electron chi connectivity index (χ0n) is 9.28. The fourth-order valence-electron chi connectivity index (χ4n) is 2.78. The maximum Gasteiger partial charge on any atom is 0.211 e. The maximum atomic E-state index is 11.6. The van der Waals surface area contributed by atoms with Gasteiger partial charge in [-0.2, -0.15) is 0 Å². The molecule has 0 aromatic heterocycles. The van der Waals surface area contributed by atoms with E-state index in [0.717, 1.165) is 25.9 Å². The lowest BCUT2D eigenvalue weighted by Crippen LogP contribution is -2.43. The number of fused-ring (bicyclic) bond motifs is 1. The standard InChI is InChI=1S/C10H20N2O2S/c1-2-8-15(13,14)11-9-5-7-12-6-3-4-10(9)12/h9-11H,2-8H2,1H3. The van der Waals surface area contributed by atoms with Gasteiger partial charge in [0.1, 0.15) is 0 Å². The average Bonchev–Trinajstić information content (AvgIpc) is 2.69. The molecule has 2 rings (SSSR count). The van der Waals surface area contributed by atoms with Gasteiger partial charge in [0.15, 0.2) is 0 Å². The fourth-order valence-corrected chi connectivity index (χ4v) is 4.17. The molecule has 2 aliphatic heterocycles. The van der Waals surface area contributed by atoms with Gasteiger partial charge in [-0.25, -0.2) is 13.1 Å². The number of nitrogens with zero attached hydrogens (tertiary/aromatic N) is 1. The summed E-state index contributed by atoms with van der Waals surface area (Å²) in [5.74, 6) is 0.260. The summed E-state index contributed by atoms with van der Waals surface area (Å²) in [5.41, 5.74) is 0. The molecule has 2 fully saturated rings. The summed E-state index contributed by atoms with van der Waals surface area (Å²) < 4.78 is 26.1. The minimum absolute atomic E-state index is 0.170. The minimum Gasteiger partial charge on any atom is -0.299 e. The second-order valence-electron chi connectivity index (χ2n) is 4.58. The Morgan fingerprint density at radius 1 is 1.33 bits per heavy atom. The van der Waals surface area contributed by atoms with Crippen LogP contribution in [0.15, 0.2) is 0 Å². The lowest BCUT2D eigenvalue weighted by molar-refractivity contribution is 0.309. The van der Waals surface area contributed by atoms with Gasteiger partial charge in [-0.05, 0) is 32.2 Å². The zero-order chi connectivity index (χ0) is 10.9. The molecule has 2 saturated heterocycles. The second kappa shape index (κ2) is 4.39. The quantitative estimate of drug-likeness (QED) is 0.770. The predicted molar refractivity (Wildman–Crippen MR) is 60.2 cm³/mol. The molecule has 0 spiro atoms. The summed E-state index contributed by atoms with van der Waals surface area (Å²) in [7, 11) is -3.03. The molecular formula is C10H20N2O2S. The Labute approximate surface area is 92.1 Å². The third-order valence-electron chi connectivity index (χ3n) is 3.41. The van der Waals surface area contributed by atoms with Crippen molar-refractivity contribution in [2.45, 2.75) is 44.7 Å². The molecular weight excluding hydrogens is 212 g/mol. The van der Waals surface area contributed by atoms with Gasteiger partial charge in [-0.1, -0.05) is 6.92 Å². The molecule has 5 heteroatoms. The van der Waals surface area contributed by atoms with Crippen molar-refractivity contribution in [3.63, 3.8) is 0 Å². The van der Waals surface area contributed by atoms with Crippen LogP contribution in [-0.4, -0.2) is 44.2 Å². The largest absolute Gasteiger partial charge is 0.299 e. The molecule has 0 amide bonds. The molecule has 2 heterocycles. The molecule has 0 aromatic carbocycles. The van der Waals surface area contributed by atoms with Gasteiger partial charge in [0.2, 0.25) is 10.0 Å². The van der Waals surface area contributed by atoms with Gasteiger partial charge in [0.05, 0.1) is 5.75 Å². The van der Waals surface area contributed by atoms with Crippen molar-refractivity contribution < 1.29 is 8.42 Å². The van der Waals surface area contributed by atoms with Crippen molar-refractivity contribution in [1.82, 2.24) is 9.62 Å². The van der Waals surface area contributed by atoms with E-state index in [9.17, 15) is 8.42 Å². The Bertz CT molecular complexity index is 315. The van der Waals surface area contributed by atoms with Crippen molar-refractivity contribution in [2.75, 3.05) is 18.8 Å². The van der Waals surface area contributed by atoms with Crippen molar-refractivity contribution in [2.24, 2.45) is 0 Å². The molecule has 0 aliphatic carbocycles.